The molecule has 0 aliphatic rings. The van der Waals surface area contributed by atoms with Crippen LogP contribution in [0.4, 0.5) is 0 Å². The summed E-state index contributed by atoms with van der Waals surface area (Å²) in [5.41, 5.74) is 2.61. The highest BCUT2D eigenvalue weighted by Crippen LogP contribution is 2.19. The van der Waals surface area contributed by atoms with Crippen molar-refractivity contribution in [2.75, 3.05) is 6.61 Å². The zero-order valence-electron chi connectivity index (χ0n) is 14.4. The van der Waals surface area contributed by atoms with Crippen LogP contribution < -0.4 is 9.47 Å². The van der Waals surface area contributed by atoms with Crippen LogP contribution in [0, 0.1) is 13.8 Å². The van der Waals surface area contributed by atoms with Crippen LogP contribution in [-0.4, -0.2) is 27.6 Å². The highest BCUT2D eigenvalue weighted by Gasteiger charge is 2.19. The number of aromatic nitrogens is 3. The van der Waals surface area contributed by atoms with Gasteiger partial charge in [0.25, 0.3) is 0 Å². The molecule has 2 aromatic carbocycles. The number of aryl methyl sites for hydroxylation is 1. The Bertz CT molecular complexity index is 885. The minimum Gasteiger partial charge on any atom is -0.494 e. The van der Waals surface area contributed by atoms with E-state index in [1.165, 1.54) is 0 Å². The first-order valence-corrected chi connectivity index (χ1v) is 8.03. The van der Waals surface area contributed by atoms with Gasteiger partial charge in [0.2, 0.25) is 0 Å². The third kappa shape index (κ3) is 3.68. The van der Waals surface area contributed by atoms with E-state index in [9.17, 15) is 4.79 Å². The first-order chi connectivity index (χ1) is 12.1. The second kappa shape index (κ2) is 7.17. The van der Waals surface area contributed by atoms with E-state index in [0.29, 0.717) is 18.1 Å². The topological polar surface area (TPSA) is 66.2 Å². The van der Waals surface area contributed by atoms with Gasteiger partial charge < -0.3 is 9.47 Å². The summed E-state index contributed by atoms with van der Waals surface area (Å²) in [4.78, 5) is 12.4. The first kappa shape index (κ1) is 16.7. The number of hydrogen-bond donors (Lipinski definition) is 0. The molecule has 0 aliphatic heterocycles. The number of carbonyl (C=O) groups is 1. The fourth-order valence-corrected chi connectivity index (χ4v) is 2.45. The van der Waals surface area contributed by atoms with Crippen LogP contribution in [-0.2, 0) is 0 Å². The third-order valence-corrected chi connectivity index (χ3v) is 3.68. The Labute approximate surface area is 146 Å². The largest absolute Gasteiger partial charge is 0.494 e. The third-order valence-electron chi connectivity index (χ3n) is 3.68. The van der Waals surface area contributed by atoms with Gasteiger partial charge in [-0.2, -0.15) is 0 Å². The Hall–Kier alpha value is -3.15. The van der Waals surface area contributed by atoms with Gasteiger partial charge in [-0.05, 0) is 62.7 Å². The van der Waals surface area contributed by atoms with E-state index >= 15 is 0 Å². The summed E-state index contributed by atoms with van der Waals surface area (Å²) in [5, 5.41) is 8.04. The molecule has 6 nitrogen and oxygen atoms in total. The van der Waals surface area contributed by atoms with Crippen molar-refractivity contribution >= 4 is 5.97 Å². The van der Waals surface area contributed by atoms with Crippen molar-refractivity contribution in [3.05, 3.63) is 65.5 Å². The van der Waals surface area contributed by atoms with Gasteiger partial charge >= 0.3 is 5.97 Å². The summed E-state index contributed by atoms with van der Waals surface area (Å²) >= 11 is 0. The molecule has 1 heterocycles. The highest BCUT2D eigenvalue weighted by atomic mass is 16.5. The molecule has 6 heteroatoms. The Kier molecular flexibility index (Phi) is 4.79. The predicted octanol–water partition coefficient (Wildman–Crippen LogP) is 3.50. The Morgan fingerprint density at radius 2 is 1.84 bits per heavy atom. The van der Waals surface area contributed by atoms with Gasteiger partial charge in [0.1, 0.15) is 11.5 Å². The maximum absolute atomic E-state index is 12.4. The van der Waals surface area contributed by atoms with Crippen molar-refractivity contribution in [2.45, 2.75) is 20.8 Å². The predicted molar refractivity (Wildman–Crippen MR) is 93.4 cm³/mol. The molecule has 0 saturated heterocycles. The number of ether oxygens (including phenoxy) is 2. The van der Waals surface area contributed by atoms with E-state index in [-0.39, 0.29) is 5.69 Å². The van der Waals surface area contributed by atoms with Crippen LogP contribution >= 0.6 is 0 Å². The van der Waals surface area contributed by atoms with Gasteiger partial charge in [-0.25, -0.2) is 9.48 Å². The molecule has 0 atom stereocenters. The van der Waals surface area contributed by atoms with Crippen LogP contribution in [0.25, 0.3) is 5.69 Å². The summed E-state index contributed by atoms with van der Waals surface area (Å²) in [6.45, 7) is 6.26. The van der Waals surface area contributed by atoms with Gasteiger partial charge in [0.05, 0.1) is 18.0 Å². The highest BCUT2D eigenvalue weighted by molar-refractivity contribution is 5.90. The SMILES string of the molecule is CCOc1ccc(-n2nnc(C(=O)Oc3cccc(C)c3)c2C)cc1. The molecule has 0 unspecified atom stereocenters. The Morgan fingerprint density at radius 1 is 1.08 bits per heavy atom. The Balaban J connectivity index is 1.81. The molecule has 25 heavy (non-hydrogen) atoms. The van der Waals surface area contributed by atoms with Gasteiger partial charge in [-0.1, -0.05) is 17.3 Å². The van der Waals surface area contributed by atoms with Crippen molar-refractivity contribution in [1.29, 1.82) is 0 Å². The Morgan fingerprint density at radius 3 is 2.52 bits per heavy atom. The molecule has 0 N–H and O–H groups in total. The fraction of sp³-hybridized carbons (Fsp3) is 0.211. The lowest BCUT2D eigenvalue weighted by atomic mass is 10.2. The van der Waals surface area contributed by atoms with Gasteiger partial charge in [0.15, 0.2) is 5.69 Å². The molecule has 0 amide bonds. The minimum atomic E-state index is -0.528. The number of rotatable bonds is 5. The van der Waals surface area contributed by atoms with Crippen LogP contribution in [0.15, 0.2) is 48.5 Å². The second-order valence-corrected chi connectivity index (χ2v) is 5.57. The number of esters is 1. The van der Waals surface area contributed by atoms with Gasteiger partial charge in [0, 0.05) is 0 Å². The smallest absolute Gasteiger partial charge is 0.366 e. The molecule has 3 rings (SSSR count). The monoisotopic (exact) mass is 337 g/mol. The van der Waals surface area contributed by atoms with E-state index in [1.807, 2.05) is 50.2 Å². The number of benzene rings is 2. The molecular formula is C19H19N3O3. The van der Waals surface area contributed by atoms with Crippen molar-refractivity contribution in [3.63, 3.8) is 0 Å². The number of nitrogens with zero attached hydrogens (tertiary/aromatic N) is 3. The molecule has 0 aliphatic carbocycles. The van der Waals surface area contributed by atoms with E-state index in [4.69, 9.17) is 9.47 Å². The van der Waals surface area contributed by atoms with Crippen LogP contribution in [0.2, 0.25) is 0 Å². The fourth-order valence-electron chi connectivity index (χ4n) is 2.45. The second-order valence-electron chi connectivity index (χ2n) is 5.57. The summed E-state index contributed by atoms with van der Waals surface area (Å²) < 4.78 is 12.4. The average molecular weight is 337 g/mol. The summed E-state index contributed by atoms with van der Waals surface area (Å²) in [6, 6.07) is 14.7. The summed E-state index contributed by atoms with van der Waals surface area (Å²) in [7, 11) is 0. The molecule has 0 saturated carbocycles. The lowest BCUT2D eigenvalue weighted by Gasteiger charge is -2.06. The average Bonchev–Trinajstić information content (AvgIpc) is 2.97. The van der Waals surface area contributed by atoms with Gasteiger partial charge in [-0.3, -0.25) is 0 Å². The van der Waals surface area contributed by atoms with Crippen molar-refractivity contribution in [3.8, 4) is 17.2 Å². The maximum Gasteiger partial charge on any atom is 0.366 e. The molecule has 0 fully saturated rings. The van der Waals surface area contributed by atoms with E-state index in [2.05, 4.69) is 10.3 Å². The number of hydrogen-bond acceptors (Lipinski definition) is 5. The summed E-state index contributed by atoms with van der Waals surface area (Å²) in [5.74, 6) is 0.739. The van der Waals surface area contributed by atoms with Crippen molar-refractivity contribution in [2.24, 2.45) is 0 Å². The van der Waals surface area contributed by atoms with Crippen molar-refractivity contribution < 1.29 is 14.3 Å². The van der Waals surface area contributed by atoms with Gasteiger partial charge in [-0.15, -0.1) is 5.10 Å². The molecular weight excluding hydrogens is 318 g/mol. The number of carbonyl (C=O) groups excluding carboxylic acids is 1. The van der Waals surface area contributed by atoms with E-state index in [1.54, 1.807) is 23.7 Å². The van der Waals surface area contributed by atoms with Crippen LogP contribution in [0.3, 0.4) is 0 Å². The molecule has 128 valence electrons. The lowest BCUT2D eigenvalue weighted by Crippen LogP contribution is -2.11. The molecule has 0 bridgehead atoms. The molecule has 3 aromatic rings. The lowest BCUT2D eigenvalue weighted by molar-refractivity contribution is 0.0727. The minimum absolute atomic E-state index is 0.190. The van der Waals surface area contributed by atoms with Crippen LogP contribution in [0.1, 0.15) is 28.7 Å². The maximum atomic E-state index is 12.4. The normalized spacial score (nSPS) is 10.5. The van der Waals surface area contributed by atoms with E-state index < -0.39 is 5.97 Å². The molecule has 0 spiro atoms. The zero-order valence-corrected chi connectivity index (χ0v) is 14.4. The quantitative estimate of drug-likeness (QED) is 0.526. The van der Waals surface area contributed by atoms with E-state index in [0.717, 1.165) is 17.0 Å². The zero-order chi connectivity index (χ0) is 17.8. The summed E-state index contributed by atoms with van der Waals surface area (Å²) in [6.07, 6.45) is 0. The van der Waals surface area contributed by atoms with Crippen LogP contribution in [0.5, 0.6) is 11.5 Å². The standard InChI is InChI=1S/C19H19N3O3/c1-4-24-16-10-8-15(9-11-16)22-14(3)18(20-21-22)19(23)25-17-7-5-6-13(2)12-17/h5-12H,4H2,1-3H3. The first-order valence-electron chi connectivity index (χ1n) is 8.03. The molecule has 0 radical (unpaired) electrons. The van der Waals surface area contributed by atoms with Crippen molar-refractivity contribution in [1.82, 2.24) is 15.0 Å². The molecule has 1 aromatic heterocycles.